The first-order valence-electron chi connectivity index (χ1n) is 7.48. The van der Waals surface area contributed by atoms with Crippen LogP contribution in [0.4, 0.5) is 0 Å². The SMILES string of the molecule is CCC[O-].CCC[O-].CCC[O-].CCC[O-].CCC[O-].[V]. The zero-order valence-electron chi connectivity index (χ0n) is 14.6. The monoisotopic (exact) mass is 346 g/mol. The van der Waals surface area contributed by atoms with Crippen molar-refractivity contribution in [3.05, 3.63) is 0 Å². The third-order valence-electron chi connectivity index (χ3n) is 1.02. The predicted molar refractivity (Wildman–Crippen MR) is 75.8 cm³/mol. The van der Waals surface area contributed by atoms with Crippen LogP contribution in [0.5, 0.6) is 0 Å². The van der Waals surface area contributed by atoms with Crippen LogP contribution in [-0.2, 0) is 18.6 Å². The van der Waals surface area contributed by atoms with Crippen LogP contribution in [0.15, 0.2) is 0 Å². The summed E-state index contributed by atoms with van der Waals surface area (Å²) in [6, 6.07) is 0. The van der Waals surface area contributed by atoms with Crippen molar-refractivity contribution < 1.29 is 44.1 Å². The molecule has 6 heteroatoms. The van der Waals surface area contributed by atoms with Crippen LogP contribution in [0.25, 0.3) is 0 Å². The Bertz CT molecular complexity index is 55.2. The van der Waals surface area contributed by atoms with Gasteiger partial charge < -0.3 is 25.5 Å². The minimum absolute atomic E-state index is 0. The Kier molecular flexibility index (Phi) is 127. The minimum atomic E-state index is 0. The van der Waals surface area contributed by atoms with Crippen molar-refractivity contribution in [1.29, 1.82) is 0 Å². The molecule has 0 heterocycles. The Morgan fingerprint density at radius 3 is 0.429 bits per heavy atom. The van der Waals surface area contributed by atoms with Gasteiger partial charge in [-0.2, -0.15) is 0 Å². The molecule has 0 spiro atoms. The first kappa shape index (κ1) is 37.5. The van der Waals surface area contributed by atoms with E-state index in [1.807, 2.05) is 34.6 Å². The van der Waals surface area contributed by atoms with Crippen LogP contribution in [0.3, 0.4) is 0 Å². The van der Waals surface area contributed by atoms with Crippen molar-refractivity contribution >= 4 is 0 Å². The standard InChI is InChI=1S/5C3H7O.V/c5*1-2-3-4;/h5*2-3H2,1H3;/q5*-1;. The van der Waals surface area contributed by atoms with Gasteiger partial charge in [0.2, 0.25) is 0 Å². The molecule has 0 rings (SSSR count). The molecule has 0 aromatic heterocycles. The van der Waals surface area contributed by atoms with E-state index in [9.17, 15) is 25.5 Å². The maximum absolute atomic E-state index is 9.30. The fourth-order valence-electron chi connectivity index (χ4n) is 0. The smallest absolute Gasteiger partial charge is 0 e. The second-order valence-electron chi connectivity index (χ2n) is 3.52. The Morgan fingerprint density at radius 1 is 0.381 bits per heavy atom. The zero-order chi connectivity index (χ0) is 17.1. The van der Waals surface area contributed by atoms with E-state index in [0.717, 1.165) is 32.1 Å². The second kappa shape index (κ2) is 71.0. The normalized spacial score (nSPS) is 7.14. The molecule has 135 valence electrons. The Morgan fingerprint density at radius 2 is 0.429 bits per heavy atom. The molecule has 0 N–H and O–H groups in total. The van der Waals surface area contributed by atoms with Crippen LogP contribution in [0, 0.1) is 0 Å². The van der Waals surface area contributed by atoms with Crippen LogP contribution < -0.4 is 25.5 Å². The van der Waals surface area contributed by atoms with Gasteiger partial charge in [0.1, 0.15) is 0 Å². The molecule has 0 amide bonds. The van der Waals surface area contributed by atoms with E-state index in [-0.39, 0.29) is 51.6 Å². The Labute approximate surface area is 144 Å². The summed E-state index contributed by atoms with van der Waals surface area (Å²) < 4.78 is 0. The molecule has 0 fully saturated rings. The molecule has 0 bridgehead atoms. The average molecular weight is 346 g/mol. The molecule has 0 saturated carbocycles. The predicted octanol–water partition coefficient (Wildman–Crippen LogP) is -1.22. The van der Waals surface area contributed by atoms with Crippen molar-refractivity contribution in [2.45, 2.75) is 66.7 Å². The van der Waals surface area contributed by atoms with E-state index >= 15 is 0 Å². The van der Waals surface area contributed by atoms with Gasteiger partial charge in [0, 0.05) is 18.6 Å². The summed E-state index contributed by atoms with van der Waals surface area (Å²) >= 11 is 0. The van der Waals surface area contributed by atoms with E-state index < -0.39 is 0 Å². The number of rotatable bonds is 5. The zero-order valence-corrected chi connectivity index (χ0v) is 16.0. The molecule has 0 saturated heterocycles. The molecule has 1 radical (unpaired) electrons. The van der Waals surface area contributed by atoms with E-state index in [1.165, 1.54) is 0 Å². The van der Waals surface area contributed by atoms with Crippen molar-refractivity contribution in [1.82, 2.24) is 0 Å². The fraction of sp³-hybridized carbons (Fsp3) is 1.00. The summed E-state index contributed by atoms with van der Waals surface area (Å²) in [5.41, 5.74) is 0. The molecule has 0 aliphatic rings. The first-order valence-corrected chi connectivity index (χ1v) is 7.48. The second-order valence-corrected chi connectivity index (χ2v) is 3.52. The molecule has 0 aromatic carbocycles. The van der Waals surface area contributed by atoms with Gasteiger partial charge >= 0.3 is 0 Å². The molecular weight excluding hydrogens is 311 g/mol. The van der Waals surface area contributed by atoms with Gasteiger partial charge in [-0.15, -0.1) is 33.0 Å². The summed E-state index contributed by atoms with van der Waals surface area (Å²) in [6.07, 6.45) is 3.82. The van der Waals surface area contributed by atoms with E-state index in [1.54, 1.807) is 0 Å². The molecule has 0 atom stereocenters. The van der Waals surface area contributed by atoms with Gasteiger partial charge in [0.25, 0.3) is 0 Å². The van der Waals surface area contributed by atoms with E-state index in [0.29, 0.717) is 0 Å². The van der Waals surface area contributed by atoms with Crippen LogP contribution >= 0.6 is 0 Å². The third-order valence-corrected chi connectivity index (χ3v) is 1.02. The molecule has 0 aliphatic carbocycles. The van der Waals surface area contributed by atoms with Crippen molar-refractivity contribution in [2.24, 2.45) is 0 Å². The molecular formula is C15H35O5V-5. The quantitative estimate of drug-likeness (QED) is 0.619. The Balaban J connectivity index is -0.0000000331. The topological polar surface area (TPSA) is 115 Å². The van der Waals surface area contributed by atoms with E-state index in [4.69, 9.17) is 0 Å². The molecule has 0 aromatic rings. The van der Waals surface area contributed by atoms with Crippen LogP contribution in [-0.4, -0.2) is 33.0 Å². The third kappa shape index (κ3) is 238. The molecule has 21 heavy (non-hydrogen) atoms. The van der Waals surface area contributed by atoms with Crippen molar-refractivity contribution in [3.8, 4) is 0 Å². The summed E-state index contributed by atoms with van der Waals surface area (Å²) in [5.74, 6) is 0. The number of hydrogen-bond donors (Lipinski definition) is 0. The maximum Gasteiger partial charge on any atom is 0 e. The van der Waals surface area contributed by atoms with Crippen molar-refractivity contribution in [3.63, 3.8) is 0 Å². The summed E-state index contributed by atoms with van der Waals surface area (Å²) in [4.78, 5) is 0. The Hall–Kier alpha value is 0.384. The van der Waals surface area contributed by atoms with Crippen LogP contribution in [0.2, 0.25) is 0 Å². The van der Waals surface area contributed by atoms with Gasteiger partial charge in [-0.05, 0) is 0 Å². The first-order chi connectivity index (χ1) is 9.57. The largest absolute Gasteiger partial charge is 0.854 e. The summed E-state index contributed by atoms with van der Waals surface area (Å²) in [6.45, 7) is 9.69. The molecule has 5 nitrogen and oxygen atoms in total. The fourth-order valence-corrected chi connectivity index (χ4v) is 0. The van der Waals surface area contributed by atoms with E-state index in [2.05, 4.69) is 0 Å². The molecule has 0 unspecified atom stereocenters. The summed E-state index contributed by atoms with van der Waals surface area (Å²) in [5, 5.41) is 46.5. The molecule has 0 aliphatic heterocycles. The van der Waals surface area contributed by atoms with Crippen molar-refractivity contribution in [2.75, 3.05) is 33.0 Å². The van der Waals surface area contributed by atoms with Gasteiger partial charge in [-0.1, -0.05) is 66.7 Å². The number of hydrogen-bond acceptors (Lipinski definition) is 5. The van der Waals surface area contributed by atoms with Gasteiger partial charge in [0.15, 0.2) is 0 Å². The van der Waals surface area contributed by atoms with Gasteiger partial charge in [0.05, 0.1) is 0 Å². The van der Waals surface area contributed by atoms with Gasteiger partial charge in [-0.3, -0.25) is 0 Å². The average Bonchev–Trinajstić information content (AvgIpc) is 2.55. The van der Waals surface area contributed by atoms with Gasteiger partial charge in [-0.25, -0.2) is 0 Å². The minimum Gasteiger partial charge on any atom is -0.854 e. The maximum atomic E-state index is 9.30. The van der Waals surface area contributed by atoms with Crippen LogP contribution in [0.1, 0.15) is 66.7 Å². The summed E-state index contributed by atoms with van der Waals surface area (Å²) in [7, 11) is 0.